The first kappa shape index (κ1) is 17.6. The number of anilines is 1. The van der Waals surface area contributed by atoms with Gasteiger partial charge in [0.1, 0.15) is 11.5 Å². The van der Waals surface area contributed by atoms with E-state index in [-0.39, 0.29) is 11.5 Å². The van der Waals surface area contributed by atoms with Crippen molar-refractivity contribution in [2.24, 2.45) is 5.41 Å². The minimum absolute atomic E-state index is 0.157. The molecule has 2 aliphatic rings. The number of aliphatic hydroxyl groups is 1. The standard InChI is InChI=1S/C21H26N6O/c28-18-11-21(16-27(15-18)20-12-22-6-7-23-20)4-9-25(10-5-21)13-17-14-26-8-2-1-3-19(26)24-17/h1-3,6-8,12,14,18,28H,4-5,9-11,13,15-16H2. The van der Waals surface area contributed by atoms with Crippen LogP contribution >= 0.6 is 0 Å². The average molecular weight is 378 g/mol. The van der Waals surface area contributed by atoms with Gasteiger partial charge in [0.25, 0.3) is 0 Å². The molecule has 1 N–H and O–H groups in total. The number of aromatic nitrogens is 4. The highest BCUT2D eigenvalue weighted by Gasteiger charge is 2.42. The summed E-state index contributed by atoms with van der Waals surface area (Å²) in [6.45, 7) is 4.55. The Morgan fingerprint density at radius 3 is 2.86 bits per heavy atom. The van der Waals surface area contributed by atoms with E-state index in [0.717, 1.165) is 62.6 Å². The van der Waals surface area contributed by atoms with Gasteiger partial charge in [0, 0.05) is 44.4 Å². The maximum absolute atomic E-state index is 10.5. The van der Waals surface area contributed by atoms with Crippen LogP contribution in [0, 0.1) is 5.41 Å². The van der Waals surface area contributed by atoms with Gasteiger partial charge < -0.3 is 14.4 Å². The Kier molecular flexibility index (Phi) is 4.49. The van der Waals surface area contributed by atoms with Crippen LogP contribution in [0.2, 0.25) is 0 Å². The van der Waals surface area contributed by atoms with Crippen molar-refractivity contribution >= 4 is 11.5 Å². The Bertz CT molecular complexity index is 901. The molecule has 5 rings (SSSR count). The third-order valence-corrected chi connectivity index (χ3v) is 6.22. The molecule has 2 fully saturated rings. The number of hydrogen-bond donors (Lipinski definition) is 1. The SMILES string of the molecule is OC1CN(c2cnccn2)CC2(CCN(Cc3cn4ccccc4n3)CC2)C1. The number of imidazole rings is 1. The number of rotatable bonds is 3. The smallest absolute Gasteiger partial charge is 0.147 e. The largest absolute Gasteiger partial charge is 0.391 e. The molecule has 0 aromatic carbocycles. The Morgan fingerprint density at radius 2 is 2.07 bits per heavy atom. The van der Waals surface area contributed by atoms with Crippen molar-refractivity contribution in [1.29, 1.82) is 0 Å². The van der Waals surface area contributed by atoms with E-state index in [1.54, 1.807) is 18.6 Å². The van der Waals surface area contributed by atoms with E-state index in [2.05, 4.69) is 30.4 Å². The van der Waals surface area contributed by atoms with Gasteiger partial charge in [0.05, 0.1) is 18.0 Å². The molecule has 2 saturated heterocycles. The monoisotopic (exact) mass is 378 g/mol. The molecule has 3 aromatic heterocycles. The van der Waals surface area contributed by atoms with E-state index in [1.807, 2.05) is 24.4 Å². The summed E-state index contributed by atoms with van der Waals surface area (Å²) in [5.74, 6) is 0.868. The van der Waals surface area contributed by atoms with Gasteiger partial charge in [-0.2, -0.15) is 0 Å². The molecular formula is C21H26N6O. The molecule has 3 aromatic rings. The maximum atomic E-state index is 10.5. The molecule has 7 heteroatoms. The molecule has 1 atom stereocenters. The lowest BCUT2D eigenvalue weighted by Gasteiger charge is -2.49. The topological polar surface area (TPSA) is 69.8 Å². The van der Waals surface area contributed by atoms with Crippen LogP contribution in [-0.4, -0.2) is 61.6 Å². The first-order valence-corrected chi connectivity index (χ1v) is 10.0. The van der Waals surface area contributed by atoms with E-state index in [4.69, 9.17) is 4.98 Å². The summed E-state index contributed by atoms with van der Waals surface area (Å²) in [4.78, 5) is 18.1. The zero-order chi connectivity index (χ0) is 19.0. The van der Waals surface area contributed by atoms with Crippen LogP contribution in [0.5, 0.6) is 0 Å². The molecule has 2 aliphatic heterocycles. The van der Waals surface area contributed by atoms with Crippen molar-refractivity contribution in [3.63, 3.8) is 0 Å². The van der Waals surface area contributed by atoms with Gasteiger partial charge in [0.15, 0.2) is 0 Å². The molecule has 0 radical (unpaired) electrons. The second kappa shape index (κ2) is 7.14. The van der Waals surface area contributed by atoms with Crippen molar-refractivity contribution in [3.8, 4) is 0 Å². The van der Waals surface area contributed by atoms with Crippen LogP contribution in [0.4, 0.5) is 5.82 Å². The molecule has 1 unspecified atom stereocenters. The Balaban J connectivity index is 1.25. The lowest BCUT2D eigenvalue weighted by molar-refractivity contribution is 0.0241. The summed E-state index contributed by atoms with van der Waals surface area (Å²) >= 11 is 0. The number of β-amino-alcohol motifs (C(OH)–C–C–N with tert-alkyl or cyclic N) is 1. The highest BCUT2D eigenvalue weighted by molar-refractivity contribution is 5.39. The molecule has 28 heavy (non-hydrogen) atoms. The number of nitrogens with zero attached hydrogens (tertiary/aromatic N) is 6. The van der Waals surface area contributed by atoms with Crippen LogP contribution in [0.1, 0.15) is 25.0 Å². The van der Waals surface area contributed by atoms with E-state index >= 15 is 0 Å². The lowest BCUT2D eigenvalue weighted by atomic mass is 9.71. The molecule has 0 aliphatic carbocycles. The molecule has 146 valence electrons. The van der Waals surface area contributed by atoms with E-state index in [0.29, 0.717) is 6.54 Å². The zero-order valence-corrected chi connectivity index (χ0v) is 16.0. The third-order valence-electron chi connectivity index (χ3n) is 6.22. The van der Waals surface area contributed by atoms with Gasteiger partial charge in [-0.05, 0) is 49.9 Å². The summed E-state index contributed by atoms with van der Waals surface area (Å²) in [6.07, 6.45) is 12.1. The van der Waals surface area contributed by atoms with Crippen molar-refractivity contribution in [2.45, 2.75) is 31.9 Å². The predicted octanol–water partition coefficient (Wildman–Crippen LogP) is 1.98. The third kappa shape index (κ3) is 3.47. The predicted molar refractivity (Wildman–Crippen MR) is 107 cm³/mol. The lowest BCUT2D eigenvalue weighted by Crippen LogP contribution is -2.54. The zero-order valence-electron chi connectivity index (χ0n) is 16.0. The van der Waals surface area contributed by atoms with Crippen molar-refractivity contribution in [1.82, 2.24) is 24.3 Å². The quantitative estimate of drug-likeness (QED) is 0.752. The fraction of sp³-hybridized carbons (Fsp3) is 0.476. The molecular weight excluding hydrogens is 352 g/mol. The first-order chi connectivity index (χ1) is 13.7. The van der Waals surface area contributed by atoms with Gasteiger partial charge in [-0.1, -0.05) is 6.07 Å². The van der Waals surface area contributed by atoms with Crippen molar-refractivity contribution < 1.29 is 5.11 Å². The van der Waals surface area contributed by atoms with Gasteiger partial charge in [0.2, 0.25) is 0 Å². The van der Waals surface area contributed by atoms with E-state index in [1.165, 1.54) is 0 Å². The number of hydrogen-bond acceptors (Lipinski definition) is 6. The number of aliphatic hydroxyl groups excluding tert-OH is 1. The van der Waals surface area contributed by atoms with Crippen molar-refractivity contribution in [3.05, 3.63) is 54.9 Å². The fourth-order valence-electron chi connectivity index (χ4n) is 4.82. The number of piperidine rings is 2. The van der Waals surface area contributed by atoms with Crippen LogP contribution in [0.3, 0.4) is 0 Å². The molecule has 0 saturated carbocycles. The number of pyridine rings is 1. The Morgan fingerprint density at radius 1 is 1.18 bits per heavy atom. The van der Waals surface area contributed by atoms with Gasteiger partial charge in [-0.25, -0.2) is 9.97 Å². The molecule has 1 spiro atoms. The van der Waals surface area contributed by atoms with Crippen LogP contribution in [0.15, 0.2) is 49.2 Å². The molecule has 0 bridgehead atoms. The minimum Gasteiger partial charge on any atom is -0.391 e. The summed E-state index contributed by atoms with van der Waals surface area (Å²) in [6, 6.07) is 6.09. The van der Waals surface area contributed by atoms with E-state index < -0.39 is 0 Å². The fourth-order valence-corrected chi connectivity index (χ4v) is 4.82. The highest BCUT2D eigenvalue weighted by Crippen LogP contribution is 2.41. The number of fused-ring (bicyclic) bond motifs is 1. The van der Waals surface area contributed by atoms with Crippen LogP contribution in [-0.2, 0) is 6.54 Å². The highest BCUT2D eigenvalue weighted by atomic mass is 16.3. The summed E-state index contributed by atoms with van der Waals surface area (Å²) in [5, 5.41) is 10.5. The second-order valence-electron chi connectivity index (χ2n) is 8.28. The Hall–Kier alpha value is -2.51. The average Bonchev–Trinajstić information content (AvgIpc) is 3.12. The van der Waals surface area contributed by atoms with Gasteiger partial charge >= 0.3 is 0 Å². The van der Waals surface area contributed by atoms with Crippen LogP contribution in [0.25, 0.3) is 5.65 Å². The summed E-state index contributed by atoms with van der Waals surface area (Å²) in [7, 11) is 0. The summed E-state index contributed by atoms with van der Waals surface area (Å²) < 4.78 is 2.08. The molecule has 7 nitrogen and oxygen atoms in total. The molecule has 5 heterocycles. The van der Waals surface area contributed by atoms with E-state index in [9.17, 15) is 5.11 Å². The maximum Gasteiger partial charge on any atom is 0.147 e. The van der Waals surface area contributed by atoms with Crippen molar-refractivity contribution in [2.75, 3.05) is 31.1 Å². The molecule has 0 amide bonds. The number of likely N-dealkylation sites (tertiary alicyclic amines) is 1. The minimum atomic E-state index is -0.305. The second-order valence-corrected chi connectivity index (χ2v) is 8.28. The van der Waals surface area contributed by atoms with Crippen LogP contribution < -0.4 is 4.90 Å². The normalized spacial score (nSPS) is 22.8. The first-order valence-electron chi connectivity index (χ1n) is 10.0. The van der Waals surface area contributed by atoms with Gasteiger partial charge in [-0.15, -0.1) is 0 Å². The van der Waals surface area contributed by atoms with Gasteiger partial charge in [-0.3, -0.25) is 9.88 Å². The summed E-state index contributed by atoms with van der Waals surface area (Å²) in [5.41, 5.74) is 2.28. The Labute approximate surface area is 164 Å².